The largest absolute Gasteiger partial charge is 0.395 e. The molecule has 0 N–H and O–H groups in total. The summed E-state index contributed by atoms with van der Waals surface area (Å²) in [5.41, 5.74) is -3.08. The van der Waals surface area contributed by atoms with Crippen molar-refractivity contribution in [3.63, 3.8) is 0 Å². The lowest BCUT2D eigenvalue weighted by Gasteiger charge is -2.50. The number of benzene rings is 3. The Labute approximate surface area is 212 Å². The van der Waals surface area contributed by atoms with E-state index in [0.717, 1.165) is 11.1 Å². The molecule has 0 radical (unpaired) electrons. The van der Waals surface area contributed by atoms with Gasteiger partial charge in [0.25, 0.3) is 0 Å². The van der Waals surface area contributed by atoms with Crippen molar-refractivity contribution in [3.05, 3.63) is 83.4 Å². The van der Waals surface area contributed by atoms with Crippen LogP contribution in [0.1, 0.15) is 63.9 Å². The molecular weight excluding hydrogens is 493 g/mol. The van der Waals surface area contributed by atoms with Crippen LogP contribution in [-0.4, -0.2) is 6.18 Å². The molecule has 0 saturated heterocycles. The van der Waals surface area contributed by atoms with Crippen molar-refractivity contribution in [2.75, 3.05) is 0 Å². The first-order chi connectivity index (χ1) is 17.6. The van der Waals surface area contributed by atoms with E-state index in [-0.39, 0.29) is 37.7 Å². The van der Waals surface area contributed by atoms with Gasteiger partial charge < -0.3 is 0 Å². The third-order valence-electron chi connectivity index (χ3n) is 8.10. The normalized spacial score (nSPS) is 21.2. The molecule has 0 nitrogen and oxygen atoms in total. The smallest absolute Gasteiger partial charge is 0.203 e. The van der Waals surface area contributed by atoms with Gasteiger partial charge >= 0.3 is 6.18 Å². The van der Waals surface area contributed by atoms with Gasteiger partial charge in [-0.1, -0.05) is 87.7 Å². The highest BCUT2D eigenvalue weighted by atomic mass is 19.4. The Morgan fingerprint density at radius 3 is 1.81 bits per heavy atom. The van der Waals surface area contributed by atoms with Gasteiger partial charge in [-0.15, -0.1) is 0 Å². The summed E-state index contributed by atoms with van der Waals surface area (Å²) in [6, 6.07) is 14.9. The van der Waals surface area contributed by atoms with Crippen LogP contribution in [0.3, 0.4) is 0 Å². The summed E-state index contributed by atoms with van der Waals surface area (Å²) in [6.07, 6.45) is -4.26. The second-order valence-electron chi connectivity index (χ2n) is 9.84. The third kappa shape index (κ3) is 4.55. The van der Waals surface area contributed by atoms with E-state index < -0.39 is 57.8 Å². The number of hydrogen-bond acceptors (Lipinski definition) is 0. The quantitative estimate of drug-likeness (QED) is 0.223. The van der Waals surface area contributed by atoms with Crippen LogP contribution < -0.4 is 0 Å². The van der Waals surface area contributed by atoms with E-state index in [1.807, 2.05) is 30.3 Å². The standard InChI is InChI=1S/C30H29F7/c1-3-21-12-8-9-17-29(21,30(35,36)37)22(4-2)24-27(33)25(31)23(26(32)28(24)34)20-15-13-19(14-16-20)18-10-6-5-7-11-18/h5-7,10-11,13-16,21-22H,3-4,8-9,12,17H2,1-2H3. The third-order valence-corrected chi connectivity index (χ3v) is 8.10. The molecule has 7 heteroatoms. The van der Waals surface area contributed by atoms with Gasteiger partial charge in [0, 0.05) is 11.5 Å². The predicted molar refractivity (Wildman–Crippen MR) is 131 cm³/mol. The summed E-state index contributed by atoms with van der Waals surface area (Å²) < 4.78 is 106. The van der Waals surface area contributed by atoms with Crippen LogP contribution in [0, 0.1) is 34.6 Å². The Balaban J connectivity index is 1.86. The predicted octanol–water partition coefficient (Wildman–Crippen LogP) is 10.2. The molecule has 0 heterocycles. The van der Waals surface area contributed by atoms with Crippen molar-refractivity contribution in [3.8, 4) is 22.3 Å². The second kappa shape index (κ2) is 10.5. The number of hydrogen-bond donors (Lipinski definition) is 0. The number of halogens is 7. The van der Waals surface area contributed by atoms with Crippen molar-refractivity contribution in [1.82, 2.24) is 0 Å². The monoisotopic (exact) mass is 522 g/mol. The highest BCUT2D eigenvalue weighted by molar-refractivity contribution is 5.71. The first-order valence-corrected chi connectivity index (χ1v) is 12.7. The lowest BCUT2D eigenvalue weighted by Crippen LogP contribution is -2.50. The summed E-state index contributed by atoms with van der Waals surface area (Å²) in [7, 11) is 0. The molecule has 3 atom stereocenters. The van der Waals surface area contributed by atoms with Crippen LogP contribution in [0.2, 0.25) is 0 Å². The van der Waals surface area contributed by atoms with E-state index in [1.54, 1.807) is 19.1 Å². The molecule has 1 aliphatic rings. The van der Waals surface area contributed by atoms with Crippen molar-refractivity contribution in [2.24, 2.45) is 11.3 Å². The maximum Gasteiger partial charge on any atom is 0.395 e. The van der Waals surface area contributed by atoms with E-state index in [1.165, 1.54) is 19.1 Å². The molecule has 0 aliphatic heterocycles. The molecule has 0 spiro atoms. The molecule has 3 aromatic rings. The van der Waals surface area contributed by atoms with E-state index in [0.29, 0.717) is 6.42 Å². The van der Waals surface area contributed by atoms with Gasteiger partial charge in [-0.05, 0) is 41.9 Å². The Kier molecular flexibility index (Phi) is 7.72. The summed E-state index contributed by atoms with van der Waals surface area (Å²) in [5, 5.41) is 0. The fourth-order valence-corrected chi connectivity index (χ4v) is 6.36. The van der Waals surface area contributed by atoms with Crippen LogP contribution in [0.5, 0.6) is 0 Å². The maximum absolute atomic E-state index is 15.6. The molecule has 3 aromatic carbocycles. The molecule has 0 bridgehead atoms. The van der Waals surface area contributed by atoms with Crippen molar-refractivity contribution >= 4 is 0 Å². The fourth-order valence-electron chi connectivity index (χ4n) is 6.36. The molecule has 198 valence electrons. The highest BCUT2D eigenvalue weighted by Crippen LogP contribution is 2.62. The average Bonchev–Trinajstić information content (AvgIpc) is 2.90. The van der Waals surface area contributed by atoms with Gasteiger partial charge in [0.2, 0.25) is 0 Å². The summed E-state index contributed by atoms with van der Waals surface area (Å²) >= 11 is 0. The average molecular weight is 523 g/mol. The number of rotatable bonds is 6. The molecule has 1 saturated carbocycles. The van der Waals surface area contributed by atoms with Crippen LogP contribution in [0.15, 0.2) is 54.6 Å². The Hall–Kier alpha value is -2.83. The molecule has 0 amide bonds. The highest BCUT2D eigenvalue weighted by Gasteiger charge is 2.63. The summed E-state index contributed by atoms with van der Waals surface area (Å²) in [4.78, 5) is 0. The minimum absolute atomic E-state index is 0.110. The Bertz CT molecular complexity index is 1200. The van der Waals surface area contributed by atoms with Gasteiger partial charge in [0.15, 0.2) is 23.3 Å². The van der Waals surface area contributed by atoms with Gasteiger partial charge in [-0.2, -0.15) is 13.2 Å². The second-order valence-corrected chi connectivity index (χ2v) is 9.84. The first-order valence-electron chi connectivity index (χ1n) is 12.7. The topological polar surface area (TPSA) is 0 Å². The van der Waals surface area contributed by atoms with Gasteiger partial charge in [0.1, 0.15) is 0 Å². The molecule has 4 rings (SSSR count). The SMILES string of the molecule is CCC1CCCCC1(C(CC)c1c(F)c(F)c(-c2ccc(-c3ccccc3)cc2)c(F)c1F)C(F)(F)F. The van der Waals surface area contributed by atoms with Crippen molar-refractivity contribution < 1.29 is 30.7 Å². The molecule has 0 aromatic heterocycles. The van der Waals surface area contributed by atoms with Crippen LogP contribution in [-0.2, 0) is 0 Å². The lowest BCUT2D eigenvalue weighted by atomic mass is 9.56. The van der Waals surface area contributed by atoms with Gasteiger partial charge in [-0.3, -0.25) is 0 Å². The van der Waals surface area contributed by atoms with E-state index in [4.69, 9.17) is 0 Å². The molecule has 3 unspecified atom stereocenters. The molecule has 1 fully saturated rings. The summed E-state index contributed by atoms with van der Waals surface area (Å²) in [5.74, 6) is -9.52. The van der Waals surface area contributed by atoms with E-state index >= 15 is 17.6 Å². The van der Waals surface area contributed by atoms with Crippen molar-refractivity contribution in [1.29, 1.82) is 0 Å². The number of alkyl halides is 3. The Morgan fingerprint density at radius 1 is 0.757 bits per heavy atom. The van der Waals surface area contributed by atoms with Gasteiger partial charge in [0.05, 0.1) is 11.0 Å². The van der Waals surface area contributed by atoms with Crippen LogP contribution in [0.25, 0.3) is 22.3 Å². The molecule has 1 aliphatic carbocycles. The first kappa shape index (κ1) is 27.2. The van der Waals surface area contributed by atoms with Crippen LogP contribution in [0.4, 0.5) is 30.7 Å². The minimum Gasteiger partial charge on any atom is -0.203 e. The zero-order chi connectivity index (χ0) is 27.0. The summed E-state index contributed by atoms with van der Waals surface area (Å²) in [6.45, 7) is 2.99. The maximum atomic E-state index is 15.6. The molecular formula is C30H29F7. The zero-order valence-corrected chi connectivity index (χ0v) is 20.7. The lowest BCUT2D eigenvalue weighted by molar-refractivity contribution is -0.264. The van der Waals surface area contributed by atoms with Crippen molar-refractivity contribution in [2.45, 2.75) is 64.5 Å². The van der Waals surface area contributed by atoms with Crippen LogP contribution >= 0.6 is 0 Å². The molecule has 37 heavy (non-hydrogen) atoms. The van der Waals surface area contributed by atoms with E-state index in [9.17, 15) is 13.2 Å². The van der Waals surface area contributed by atoms with Gasteiger partial charge in [-0.25, -0.2) is 17.6 Å². The fraction of sp³-hybridized carbons (Fsp3) is 0.400. The van der Waals surface area contributed by atoms with E-state index in [2.05, 4.69) is 0 Å². The zero-order valence-electron chi connectivity index (χ0n) is 20.7. The minimum atomic E-state index is -4.80. The Morgan fingerprint density at radius 2 is 1.30 bits per heavy atom.